The molecule has 0 aliphatic rings. The molecule has 3 aromatic heterocycles. The highest BCUT2D eigenvalue weighted by Crippen LogP contribution is 2.14. The molecule has 0 fully saturated rings. The second-order valence-electron chi connectivity index (χ2n) is 8.72. The van der Waals surface area contributed by atoms with E-state index in [2.05, 4.69) is 29.9 Å². The van der Waals surface area contributed by atoms with E-state index in [1.807, 2.05) is 54.6 Å². The molecule has 0 radical (unpaired) electrons. The largest absolute Gasteiger partial charge is 0.335 e. The number of nitrogens with one attached hydrogen (secondary N) is 3. The maximum absolute atomic E-state index is 13.1. The highest BCUT2D eigenvalue weighted by atomic mass is 16.1. The lowest BCUT2D eigenvalue weighted by molar-refractivity contribution is 0.0817. The summed E-state index contributed by atoms with van der Waals surface area (Å²) in [4.78, 5) is 63.0. The molecule has 6 aromatic rings. The first-order valence-electron chi connectivity index (χ1n) is 11.7. The minimum atomic E-state index is -0.342. The quantitative estimate of drug-likeness (QED) is 0.263. The average molecular weight is 492 g/mol. The van der Waals surface area contributed by atoms with Crippen molar-refractivity contribution in [3.8, 4) is 0 Å². The fourth-order valence-electron chi connectivity index (χ4n) is 4.26. The number of fused-ring (bicyclic) bond motifs is 3. The number of aromatic nitrogens is 6. The van der Waals surface area contributed by atoms with Gasteiger partial charge in [-0.25, -0.2) is 15.0 Å². The van der Waals surface area contributed by atoms with Gasteiger partial charge in [0.25, 0.3) is 0 Å². The lowest BCUT2D eigenvalue weighted by atomic mass is 10.2. The Morgan fingerprint density at radius 2 is 0.811 bits per heavy atom. The predicted molar refractivity (Wildman–Crippen MR) is 138 cm³/mol. The van der Waals surface area contributed by atoms with Gasteiger partial charge in [0.2, 0.25) is 17.3 Å². The first-order valence-corrected chi connectivity index (χ1v) is 11.7. The monoisotopic (exact) mass is 491 g/mol. The van der Waals surface area contributed by atoms with Crippen LogP contribution in [0.15, 0.2) is 72.8 Å². The molecule has 3 aromatic carbocycles. The summed E-state index contributed by atoms with van der Waals surface area (Å²) in [5, 5.41) is 0. The van der Waals surface area contributed by atoms with Crippen LogP contribution in [0.25, 0.3) is 33.1 Å². The lowest BCUT2D eigenvalue weighted by Gasteiger charge is -2.18. The van der Waals surface area contributed by atoms with Crippen molar-refractivity contribution in [2.45, 2.75) is 0 Å². The first kappa shape index (κ1) is 22.5. The number of ketones is 3. The van der Waals surface area contributed by atoms with Gasteiger partial charge in [0, 0.05) is 0 Å². The van der Waals surface area contributed by atoms with E-state index in [-0.39, 0.29) is 54.5 Å². The van der Waals surface area contributed by atoms with E-state index in [9.17, 15) is 14.4 Å². The molecule has 0 saturated carbocycles. The van der Waals surface area contributed by atoms with Crippen molar-refractivity contribution in [3.05, 3.63) is 90.3 Å². The Kier molecular flexibility index (Phi) is 5.62. The SMILES string of the molecule is O=C(CN(CC(=O)c1nc2ccccc2[nH]1)CC(=O)c1nc2ccccc2[nH]1)c1nc2ccccc2[nH]1. The smallest absolute Gasteiger partial charge is 0.212 e. The topological polar surface area (TPSA) is 140 Å². The van der Waals surface area contributed by atoms with Crippen LogP contribution in [-0.2, 0) is 0 Å². The number of H-pyrrole nitrogens is 3. The first-order chi connectivity index (χ1) is 18.0. The Balaban J connectivity index is 1.26. The number of hydrogen-bond acceptors (Lipinski definition) is 7. The van der Waals surface area contributed by atoms with Gasteiger partial charge in [-0.1, -0.05) is 36.4 Å². The summed E-state index contributed by atoms with van der Waals surface area (Å²) in [5.41, 5.74) is 4.18. The van der Waals surface area contributed by atoms with Crippen LogP contribution in [0, 0.1) is 0 Å². The van der Waals surface area contributed by atoms with Crippen molar-refractivity contribution in [3.63, 3.8) is 0 Å². The normalized spacial score (nSPS) is 11.6. The maximum Gasteiger partial charge on any atom is 0.212 e. The molecule has 3 N–H and O–H groups in total. The van der Waals surface area contributed by atoms with Crippen LogP contribution in [-0.4, -0.2) is 71.8 Å². The number of carbonyl (C=O) groups is 3. The predicted octanol–water partition coefficient (Wildman–Crippen LogP) is 3.57. The lowest BCUT2D eigenvalue weighted by Crippen LogP contribution is -2.39. The molecule has 0 amide bonds. The number of carbonyl (C=O) groups excluding carboxylic acids is 3. The molecule has 37 heavy (non-hydrogen) atoms. The summed E-state index contributed by atoms with van der Waals surface area (Å²) in [6.07, 6.45) is 0. The second kappa shape index (κ2) is 9.25. The van der Waals surface area contributed by atoms with Gasteiger partial charge in [0.1, 0.15) is 0 Å². The second-order valence-corrected chi connectivity index (χ2v) is 8.72. The zero-order chi connectivity index (χ0) is 25.4. The van der Waals surface area contributed by atoms with Gasteiger partial charge in [0.05, 0.1) is 52.7 Å². The van der Waals surface area contributed by atoms with Gasteiger partial charge in [-0.05, 0) is 36.4 Å². The molecule has 10 nitrogen and oxygen atoms in total. The summed E-state index contributed by atoms with van der Waals surface area (Å²) in [6.45, 7) is -0.590. The van der Waals surface area contributed by atoms with Crippen molar-refractivity contribution >= 4 is 50.4 Å². The molecule has 10 heteroatoms. The van der Waals surface area contributed by atoms with Gasteiger partial charge < -0.3 is 15.0 Å². The zero-order valence-corrected chi connectivity index (χ0v) is 19.6. The molecule has 0 atom stereocenters. The number of imidazole rings is 3. The summed E-state index contributed by atoms with van der Waals surface area (Å²) in [6, 6.07) is 21.9. The van der Waals surface area contributed by atoms with Crippen molar-refractivity contribution in [2.75, 3.05) is 19.6 Å². The summed E-state index contributed by atoms with van der Waals surface area (Å²) >= 11 is 0. The third kappa shape index (κ3) is 4.53. The van der Waals surface area contributed by atoms with E-state index in [0.717, 1.165) is 16.6 Å². The Morgan fingerprint density at radius 1 is 0.514 bits per heavy atom. The molecule has 0 aliphatic heterocycles. The van der Waals surface area contributed by atoms with Crippen LogP contribution >= 0.6 is 0 Å². The molecule has 0 saturated heterocycles. The number of hydrogen-bond donors (Lipinski definition) is 3. The number of Topliss-reactive ketones (excluding diaryl/α,β-unsaturated/α-hetero) is 3. The Morgan fingerprint density at radius 3 is 1.11 bits per heavy atom. The van der Waals surface area contributed by atoms with Crippen LogP contribution < -0.4 is 0 Å². The number of benzene rings is 3. The molecule has 0 bridgehead atoms. The molecule has 3 heterocycles. The Bertz CT molecular complexity index is 1490. The van der Waals surface area contributed by atoms with Crippen LogP contribution in [0.4, 0.5) is 0 Å². The van der Waals surface area contributed by atoms with Gasteiger partial charge in [-0.3, -0.25) is 19.3 Å². The van der Waals surface area contributed by atoms with E-state index >= 15 is 0 Å². The van der Waals surface area contributed by atoms with Crippen molar-refractivity contribution in [2.24, 2.45) is 0 Å². The third-order valence-electron chi connectivity index (χ3n) is 6.06. The standard InChI is InChI=1S/C27H21N7O3/c35-22(25-28-16-7-1-2-8-17(16)29-25)13-34(14-23(36)26-30-18-9-3-4-10-19(18)31-26)15-24(37)27-32-20-11-5-6-12-21(20)33-27/h1-12H,13-15H2,(H,28,29)(H,30,31)(H,32,33). The van der Waals surface area contributed by atoms with Crippen molar-refractivity contribution < 1.29 is 14.4 Å². The van der Waals surface area contributed by atoms with E-state index in [4.69, 9.17) is 0 Å². The summed E-state index contributed by atoms with van der Waals surface area (Å²) in [7, 11) is 0. The van der Waals surface area contributed by atoms with Crippen LogP contribution in [0.5, 0.6) is 0 Å². The fraction of sp³-hybridized carbons (Fsp3) is 0.111. The Hall–Kier alpha value is -4.96. The zero-order valence-electron chi connectivity index (χ0n) is 19.6. The van der Waals surface area contributed by atoms with Crippen LogP contribution in [0.3, 0.4) is 0 Å². The molecule has 0 unspecified atom stereocenters. The minimum Gasteiger partial charge on any atom is -0.335 e. The molecule has 182 valence electrons. The minimum absolute atomic E-state index is 0.165. The number of para-hydroxylation sites is 6. The molecular weight excluding hydrogens is 470 g/mol. The van der Waals surface area contributed by atoms with Gasteiger partial charge in [0.15, 0.2) is 17.5 Å². The number of nitrogens with zero attached hydrogens (tertiary/aromatic N) is 4. The molecular formula is C27H21N7O3. The van der Waals surface area contributed by atoms with Gasteiger partial charge >= 0.3 is 0 Å². The number of rotatable bonds is 9. The molecule has 0 spiro atoms. The summed E-state index contributed by atoms with van der Waals surface area (Å²) < 4.78 is 0. The summed E-state index contributed by atoms with van der Waals surface area (Å²) in [5.74, 6) is -0.529. The van der Waals surface area contributed by atoms with E-state index in [0.29, 0.717) is 16.6 Å². The average Bonchev–Trinajstić information content (AvgIpc) is 3.64. The fourth-order valence-corrected chi connectivity index (χ4v) is 4.26. The maximum atomic E-state index is 13.1. The van der Waals surface area contributed by atoms with Gasteiger partial charge in [-0.2, -0.15) is 0 Å². The van der Waals surface area contributed by atoms with Crippen LogP contribution in [0.1, 0.15) is 31.9 Å². The van der Waals surface area contributed by atoms with Crippen molar-refractivity contribution in [1.29, 1.82) is 0 Å². The van der Waals surface area contributed by atoms with E-state index in [1.165, 1.54) is 4.90 Å². The van der Waals surface area contributed by atoms with E-state index in [1.54, 1.807) is 18.2 Å². The van der Waals surface area contributed by atoms with Crippen LogP contribution in [0.2, 0.25) is 0 Å². The molecule has 6 rings (SSSR count). The van der Waals surface area contributed by atoms with Crippen molar-refractivity contribution in [1.82, 2.24) is 34.8 Å². The molecule has 0 aliphatic carbocycles. The van der Waals surface area contributed by atoms with Gasteiger partial charge in [-0.15, -0.1) is 0 Å². The third-order valence-corrected chi connectivity index (χ3v) is 6.06. The highest BCUT2D eigenvalue weighted by molar-refractivity contribution is 6.01. The number of aromatic amines is 3. The van der Waals surface area contributed by atoms with E-state index < -0.39 is 0 Å². The Labute approximate surface area is 209 Å². The highest BCUT2D eigenvalue weighted by Gasteiger charge is 2.24.